The van der Waals surface area contributed by atoms with Gasteiger partial charge in [-0.15, -0.1) is 0 Å². The highest BCUT2D eigenvalue weighted by atomic mass is 16.5. The van der Waals surface area contributed by atoms with Gasteiger partial charge in [0.15, 0.2) is 0 Å². The Balaban J connectivity index is 2.23. The van der Waals surface area contributed by atoms with Gasteiger partial charge in [0.1, 0.15) is 5.75 Å². The van der Waals surface area contributed by atoms with Crippen LogP contribution in [0.15, 0.2) is 24.3 Å². The molecule has 88 valence electrons. The molecule has 16 heavy (non-hydrogen) atoms. The second-order valence-corrected chi connectivity index (χ2v) is 3.54. The molecule has 1 amide bonds. The van der Waals surface area contributed by atoms with E-state index in [1.807, 2.05) is 24.3 Å². The molecule has 0 saturated carbocycles. The van der Waals surface area contributed by atoms with Crippen molar-refractivity contribution < 1.29 is 9.53 Å². The second-order valence-electron chi connectivity index (χ2n) is 3.54. The summed E-state index contributed by atoms with van der Waals surface area (Å²) in [6, 6.07) is 7.71. The molecule has 0 aliphatic heterocycles. The molecule has 0 fully saturated rings. The number of hydrogen-bond donors (Lipinski definition) is 2. The molecule has 4 nitrogen and oxygen atoms in total. The van der Waals surface area contributed by atoms with E-state index in [-0.39, 0.29) is 5.91 Å². The fourth-order valence-electron chi connectivity index (χ4n) is 1.29. The van der Waals surface area contributed by atoms with Crippen LogP contribution in [0.5, 0.6) is 5.75 Å². The molecule has 1 rings (SSSR count). The van der Waals surface area contributed by atoms with Crippen molar-refractivity contribution in [3.05, 3.63) is 29.8 Å². The third-order valence-electron chi connectivity index (χ3n) is 2.10. The second kappa shape index (κ2) is 6.85. The average molecular weight is 222 g/mol. The molecule has 1 aromatic rings. The quantitative estimate of drug-likeness (QED) is 0.707. The first-order chi connectivity index (χ1) is 7.72. The zero-order chi connectivity index (χ0) is 11.8. The molecule has 0 atom stereocenters. The molecule has 0 unspecified atom stereocenters. The summed E-state index contributed by atoms with van der Waals surface area (Å²) < 4.78 is 5.52. The third kappa shape index (κ3) is 4.79. The summed E-state index contributed by atoms with van der Waals surface area (Å²) in [5.41, 5.74) is 6.58. The summed E-state index contributed by atoms with van der Waals surface area (Å²) in [6.45, 7) is 3.26. The zero-order valence-corrected chi connectivity index (χ0v) is 9.53. The normalized spacial score (nSPS) is 9.88. The lowest BCUT2D eigenvalue weighted by molar-refractivity contribution is -0.118. The first-order valence-electron chi connectivity index (χ1n) is 5.38. The maximum Gasteiger partial charge on any atom is 0.216 e. The van der Waals surface area contributed by atoms with Crippen LogP contribution < -0.4 is 15.8 Å². The molecule has 0 saturated heterocycles. The van der Waals surface area contributed by atoms with Crippen LogP contribution in [0.4, 0.5) is 0 Å². The Morgan fingerprint density at radius 1 is 1.50 bits per heavy atom. The molecule has 0 aromatic heterocycles. The highest BCUT2D eigenvalue weighted by Gasteiger charge is 1.96. The maximum absolute atomic E-state index is 10.6. The van der Waals surface area contributed by atoms with E-state index in [4.69, 9.17) is 10.5 Å². The van der Waals surface area contributed by atoms with Crippen molar-refractivity contribution in [3.63, 3.8) is 0 Å². The number of nitrogens with two attached hydrogens (primary N) is 1. The van der Waals surface area contributed by atoms with E-state index < -0.39 is 0 Å². The predicted octanol–water partition coefficient (Wildman–Crippen LogP) is 1.05. The molecule has 3 N–H and O–H groups in total. The first-order valence-corrected chi connectivity index (χ1v) is 5.38. The van der Waals surface area contributed by atoms with Crippen molar-refractivity contribution in [2.75, 3.05) is 13.2 Å². The van der Waals surface area contributed by atoms with Crippen LogP contribution in [0.2, 0.25) is 0 Å². The van der Waals surface area contributed by atoms with Gasteiger partial charge in [0.25, 0.3) is 0 Å². The Morgan fingerprint density at radius 3 is 3.00 bits per heavy atom. The lowest BCUT2D eigenvalue weighted by Crippen LogP contribution is -2.22. The smallest absolute Gasteiger partial charge is 0.216 e. The van der Waals surface area contributed by atoms with Gasteiger partial charge >= 0.3 is 0 Å². The minimum Gasteiger partial charge on any atom is -0.494 e. The molecule has 0 aliphatic carbocycles. The van der Waals surface area contributed by atoms with Gasteiger partial charge in [-0.1, -0.05) is 12.1 Å². The first kappa shape index (κ1) is 12.5. The molecular weight excluding hydrogens is 204 g/mol. The number of carbonyl (C=O) groups is 1. The zero-order valence-electron chi connectivity index (χ0n) is 9.53. The summed E-state index contributed by atoms with van der Waals surface area (Å²) in [5.74, 6) is 0.816. The van der Waals surface area contributed by atoms with Crippen molar-refractivity contribution in [1.29, 1.82) is 0 Å². The molecule has 0 aliphatic rings. The summed E-state index contributed by atoms with van der Waals surface area (Å²) in [5, 5.41) is 2.72. The topological polar surface area (TPSA) is 64.3 Å². The minimum atomic E-state index is -0.00914. The van der Waals surface area contributed by atoms with Crippen molar-refractivity contribution >= 4 is 5.91 Å². The summed E-state index contributed by atoms with van der Waals surface area (Å²) >= 11 is 0. The van der Waals surface area contributed by atoms with E-state index in [9.17, 15) is 4.79 Å². The summed E-state index contributed by atoms with van der Waals surface area (Å²) in [4.78, 5) is 10.6. The number of rotatable bonds is 6. The monoisotopic (exact) mass is 222 g/mol. The van der Waals surface area contributed by atoms with Crippen LogP contribution in [0.1, 0.15) is 18.9 Å². The van der Waals surface area contributed by atoms with Crippen LogP contribution in [-0.2, 0) is 11.3 Å². The van der Waals surface area contributed by atoms with E-state index >= 15 is 0 Å². The minimum absolute atomic E-state index is 0.00914. The van der Waals surface area contributed by atoms with Gasteiger partial charge in [0.2, 0.25) is 5.91 Å². The summed E-state index contributed by atoms with van der Waals surface area (Å²) in [6.07, 6.45) is 0.798. The molecule has 0 radical (unpaired) electrons. The van der Waals surface area contributed by atoms with Gasteiger partial charge in [-0.2, -0.15) is 0 Å². The van der Waals surface area contributed by atoms with E-state index in [0.29, 0.717) is 19.7 Å². The lowest BCUT2D eigenvalue weighted by atomic mass is 10.2. The molecular formula is C12H18N2O2. The van der Waals surface area contributed by atoms with Crippen LogP contribution in [0, 0.1) is 0 Å². The number of benzene rings is 1. The van der Waals surface area contributed by atoms with Gasteiger partial charge in [-0.05, 0) is 24.1 Å². The average Bonchev–Trinajstić information content (AvgIpc) is 2.28. The highest BCUT2D eigenvalue weighted by Crippen LogP contribution is 2.12. The van der Waals surface area contributed by atoms with Gasteiger partial charge in [0, 0.05) is 20.0 Å². The molecule has 0 bridgehead atoms. The fourth-order valence-corrected chi connectivity index (χ4v) is 1.29. The van der Waals surface area contributed by atoms with Crippen molar-refractivity contribution in [3.8, 4) is 5.75 Å². The summed E-state index contributed by atoms with van der Waals surface area (Å²) in [7, 11) is 0. The Morgan fingerprint density at radius 2 is 2.31 bits per heavy atom. The maximum atomic E-state index is 10.6. The van der Waals surface area contributed by atoms with Crippen LogP contribution in [0.3, 0.4) is 0 Å². The van der Waals surface area contributed by atoms with Crippen LogP contribution in [0.25, 0.3) is 0 Å². The Bertz CT molecular complexity index is 340. The standard InChI is InChI=1S/C12H18N2O2/c1-10(15)14-6-3-7-16-12-5-2-4-11(8-12)9-13/h2,4-5,8H,3,6-7,9,13H2,1H3,(H,14,15). The Kier molecular flexibility index (Phi) is 5.36. The van der Waals surface area contributed by atoms with Gasteiger partial charge < -0.3 is 15.8 Å². The number of carbonyl (C=O) groups excluding carboxylic acids is 1. The number of nitrogens with one attached hydrogen (secondary N) is 1. The van der Waals surface area contributed by atoms with Crippen molar-refractivity contribution in [2.45, 2.75) is 19.9 Å². The molecule has 0 spiro atoms. The highest BCUT2D eigenvalue weighted by molar-refractivity contribution is 5.72. The lowest BCUT2D eigenvalue weighted by Gasteiger charge is -2.07. The largest absolute Gasteiger partial charge is 0.494 e. The van der Waals surface area contributed by atoms with Gasteiger partial charge in [-0.3, -0.25) is 4.79 Å². The number of amides is 1. The third-order valence-corrected chi connectivity index (χ3v) is 2.10. The van der Waals surface area contributed by atoms with Crippen molar-refractivity contribution in [2.24, 2.45) is 5.73 Å². The van der Waals surface area contributed by atoms with E-state index in [1.54, 1.807) is 0 Å². The number of ether oxygens (including phenoxy) is 1. The van der Waals surface area contributed by atoms with Gasteiger partial charge in [-0.25, -0.2) is 0 Å². The Hall–Kier alpha value is -1.55. The molecule has 4 heteroatoms. The SMILES string of the molecule is CC(=O)NCCCOc1cccc(CN)c1. The van der Waals surface area contributed by atoms with Crippen LogP contribution in [-0.4, -0.2) is 19.1 Å². The fraction of sp³-hybridized carbons (Fsp3) is 0.417. The van der Waals surface area contributed by atoms with Gasteiger partial charge in [0.05, 0.1) is 6.61 Å². The van der Waals surface area contributed by atoms with E-state index in [0.717, 1.165) is 17.7 Å². The predicted molar refractivity (Wildman–Crippen MR) is 63.1 cm³/mol. The van der Waals surface area contributed by atoms with E-state index in [2.05, 4.69) is 5.32 Å². The number of hydrogen-bond acceptors (Lipinski definition) is 3. The van der Waals surface area contributed by atoms with E-state index in [1.165, 1.54) is 6.92 Å². The molecule has 1 aromatic carbocycles. The van der Waals surface area contributed by atoms with Crippen LogP contribution >= 0.6 is 0 Å². The Labute approximate surface area is 95.8 Å². The van der Waals surface area contributed by atoms with Crippen molar-refractivity contribution in [1.82, 2.24) is 5.32 Å². The molecule has 0 heterocycles.